The molecule has 0 aliphatic heterocycles. The summed E-state index contributed by atoms with van der Waals surface area (Å²) in [7, 11) is -2.52. The number of hydrogen-bond donors (Lipinski definition) is 2. The number of esters is 1. The lowest BCUT2D eigenvalue weighted by Gasteiger charge is -2.07. The first-order valence-corrected chi connectivity index (χ1v) is 7.83. The molecule has 0 fully saturated rings. The van der Waals surface area contributed by atoms with Crippen LogP contribution in [0.2, 0.25) is 0 Å². The number of aryl methyl sites for hydroxylation is 1. The molecule has 2 N–H and O–H groups in total. The van der Waals surface area contributed by atoms with Crippen molar-refractivity contribution < 1.29 is 17.9 Å². The van der Waals surface area contributed by atoms with Gasteiger partial charge in [0.05, 0.1) is 7.11 Å². The predicted octanol–water partition coefficient (Wildman–Crippen LogP) is 2.16. The molecule has 7 heteroatoms. The van der Waals surface area contributed by atoms with Crippen molar-refractivity contribution in [3.05, 3.63) is 47.8 Å². The topological polar surface area (TPSA) is 88.3 Å². The van der Waals surface area contributed by atoms with Gasteiger partial charge in [-0.25, -0.2) is 13.2 Å². The fourth-order valence-electron chi connectivity index (χ4n) is 1.83. The minimum absolute atomic E-state index is 0.0233. The van der Waals surface area contributed by atoms with Crippen LogP contribution in [0.5, 0.6) is 0 Å². The van der Waals surface area contributed by atoms with E-state index in [0.717, 1.165) is 12.0 Å². The molecule has 1 heterocycles. The number of carbonyl (C=O) groups excluding carboxylic acids is 1. The van der Waals surface area contributed by atoms with Gasteiger partial charge < -0.3 is 9.72 Å². The zero-order valence-corrected chi connectivity index (χ0v) is 12.5. The summed E-state index contributed by atoms with van der Waals surface area (Å²) >= 11 is 0. The van der Waals surface area contributed by atoms with Gasteiger partial charge in [0, 0.05) is 11.9 Å². The number of H-pyrrole nitrogens is 1. The van der Waals surface area contributed by atoms with Crippen LogP contribution in [0.25, 0.3) is 0 Å². The molecule has 0 aliphatic rings. The Hall–Kier alpha value is -2.28. The average Bonchev–Trinajstić information content (AvgIpc) is 2.97. The molecule has 0 amide bonds. The summed E-state index contributed by atoms with van der Waals surface area (Å²) in [4.78, 5) is 13.9. The van der Waals surface area contributed by atoms with Gasteiger partial charge in [0.25, 0.3) is 10.0 Å². The highest BCUT2D eigenvalue weighted by Gasteiger charge is 2.19. The van der Waals surface area contributed by atoms with Gasteiger partial charge >= 0.3 is 5.97 Å². The molecule has 0 saturated heterocycles. The minimum atomic E-state index is -3.75. The second-order valence-corrected chi connectivity index (χ2v) is 6.08. The van der Waals surface area contributed by atoms with E-state index in [0.29, 0.717) is 5.69 Å². The molecule has 0 bridgehead atoms. The predicted molar refractivity (Wildman–Crippen MR) is 78.8 cm³/mol. The molecule has 0 spiro atoms. The number of anilines is 1. The van der Waals surface area contributed by atoms with E-state index in [4.69, 9.17) is 0 Å². The molecule has 0 radical (unpaired) electrons. The van der Waals surface area contributed by atoms with Crippen LogP contribution in [0.1, 0.15) is 23.0 Å². The van der Waals surface area contributed by atoms with E-state index in [1.165, 1.54) is 19.4 Å². The summed E-state index contributed by atoms with van der Waals surface area (Å²) in [5.41, 5.74) is 1.59. The van der Waals surface area contributed by atoms with E-state index < -0.39 is 16.0 Å². The average molecular weight is 308 g/mol. The Morgan fingerprint density at radius 3 is 2.76 bits per heavy atom. The van der Waals surface area contributed by atoms with Crippen molar-refractivity contribution in [1.29, 1.82) is 0 Å². The van der Waals surface area contributed by atoms with Crippen molar-refractivity contribution in [2.75, 3.05) is 11.8 Å². The van der Waals surface area contributed by atoms with Gasteiger partial charge in [0.2, 0.25) is 0 Å². The SMILES string of the molecule is CCc1cccc(NS(=O)(=O)c2c[nH]c(C(=O)OC)c2)c1. The second kappa shape index (κ2) is 6.01. The van der Waals surface area contributed by atoms with Gasteiger partial charge in [-0.05, 0) is 30.2 Å². The summed E-state index contributed by atoms with van der Waals surface area (Å²) in [6.45, 7) is 1.99. The largest absolute Gasteiger partial charge is 0.464 e. The Kier molecular flexibility index (Phi) is 4.32. The van der Waals surface area contributed by atoms with Crippen molar-refractivity contribution in [3.8, 4) is 0 Å². The van der Waals surface area contributed by atoms with Crippen LogP contribution in [0.3, 0.4) is 0 Å². The highest BCUT2D eigenvalue weighted by Crippen LogP contribution is 2.18. The number of benzene rings is 1. The van der Waals surface area contributed by atoms with Gasteiger partial charge in [0.15, 0.2) is 0 Å². The molecule has 0 atom stereocenters. The molecule has 21 heavy (non-hydrogen) atoms. The van der Waals surface area contributed by atoms with Gasteiger partial charge in [-0.3, -0.25) is 4.72 Å². The quantitative estimate of drug-likeness (QED) is 0.829. The Morgan fingerprint density at radius 2 is 2.10 bits per heavy atom. The third-order valence-electron chi connectivity index (χ3n) is 2.96. The molecule has 112 valence electrons. The number of carbonyl (C=O) groups is 1. The standard InChI is InChI=1S/C14H16N2O4S/c1-3-10-5-4-6-11(7-10)16-21(18,19)12-8-13(15-9-12)14(17)20-2/h4-9,15-16H,3H2,1-2H3. The maximum atomic E-state index is 12.2. The van der Waals surface area contributed by atoms with E-state index >= 15 is 0 Å². The number of nitrogens with one attached hydrogen (secondary N) is 2. The van der Waals surface area contributed by atoms with E-state index in [1.807, 2.05) is 13.0 Å². The molecule has 1 aromatic carbocycles. The molecular formula is C14H16N2O4S. The van der Waals surface area contributed by atoms with Crippen LogP contribution < -0.4 is 4.72 Å². The monoisotopic (exact) mass is 308 g/mol. The van der Waals surface area contributed by atoms with E-state index in [9.17, 15) is 13.2 Å². The fraction of sp³-hybridized carbons (Fsp3) is 0.214. The van der Waals surface area contributed by atoms with Crippen LogP contribution in [-0.2, 0) is 21.2 Å². The summed E-state index contributed by atoms with van der Waals surface area (Å²) < 4.78 is 31.5. The first-order valence-electron chi connectivity index (χ1n) is 6.34. The highest BCUT2D eigenvalue weighted by molar-refractivity contribution is 7.92. The summed E-state index contributed by atoms with van der Waals surface area (Å²) in [6, 6.07) is 8.38. The normalized spacial score (nSPS) is 11.1. The highest BCUT2D eigenvalue weighted by atomic mass is 32.2. The third-order valence-corrected chi connectivity index (χ3v) is 4.32. The molecule has 0 aliphatic carbocycles. The number of aromatic amines is 1. The smallest absolute Gasteiger partial charge is 0.354 e. The van der Waals surface area contributed by atoms with Crippen molar-refractivity contribution in [2.24, 2.45) is 0 Å². The van der Waals surface area contributed by atoms with Crippen LogP contribution in [-0.4, -0.2) is 26.5 Å². The van der Waals surface area contributed by atoms with Crippen molar-refractivity contribution in [2.45, 2.75) is 18.2 Å². The Morgan fingerprint density at radius 1 is 1.33 bits per heavy atom. The number of ether oxygens (including phenoxy) is 1. The maximum absolute atomic E-state index is 12.2. The molecule has 1 aromatic heterocycles. The van der Waals surface area contributed by atoms with E-state index in [1.54, 1.807) is 18.2 Å². The van der Waals surface area contributed by atoms with Crippen LogP contribution in [0.15, 0.2) is 41.4 Å². The molecular weight excluding hydrogens is 292 g/mol. The van der Waals surface area contributed by atoms with Crippen molar-refractivity contribution in [1.82, 2.24) is 4.98 Å². The van der Waals surface area contributed by atoms with Crippen molar-refractivity contribution in [3.63, 3.8) is 0 Å². The van der Waals surface area contributed by atoms with Gasteiger partial charge in [-0.15, -0.1) is 0 Å². The molecule has 0 unspecified atom stereocenters. The Bertz CT molecular complexity index is 750. The lowest BCUT2D eigenvalue weighted by molar-refractivity contribution is 0.0595. The van der Waals surface area contributed by atoms with Gasteiger partial charge in [-0.1, -0.05) is 19.1 Å². The lowest BCUT2D eigenvalue weighted by Crippen LogP contribution is -2.12. The number of methoxy groups -OCH3 is 1. The summed E-state index contributed by atoms with van der Waals surface area (Å²) in [5.74, 6) is -0.621. The number of aromatic nitrogens is 1. The summed E-state index contributed by atoms with van der Waals surface area (Å²) in [5, 5.41) is 0. The Labute approximate surface area is 123 Å². The van der Waals surface area contributed by atoms with Crippen LogP contribution >= 0.6 is 0 Å². The number of rotatable bonds is 5. The zero-order valence-electron chi connectivity index (χ0n) is 11.7. The third kappa shape index (κ3) is 3.43. The van der Waals surface area contributed by atoms with Gasteiger partial charge in [-0.2, -0.15) is 0 Å². The minimum Gasteiger partial charge on any atom is -0.464 e. The van der Waals surface area contributed by atoms with Crippen molar-refractivity contribution >= 4 is 21.7 Å². The number of hydrogen-bond acceptors (Lipinski definition) is 4. The number of sulfonamides is 1. The first kappa shape index (κ1) is 15.1. The first-order chi connectivity index (χ1) is 9.96. The van der Waals surface area contributed by atoms with Crippen LogP contribution in [0.4, 0.5) is 5.69 Å². The van der Waals surface area contributed by atoms with Crippen LogP contribution in [0, 0.1) is 0 Å². The zero-order chi connectivity index (χ0) is 15.5. The Balaban J connectivity index is 2.25. The van der Waals surface area contributed by atoms with E-state index in [-0.39, 0.29) is 10.6 Å². The van der Waals surface area contributed by atoms with E-state index in [2.05, 4.69) is 14.4 Å². The second-order valence-electron chi connectivity index (χ2n) is 4.40. The molecule has 2 rings (SSSR count). The summed E-state index contributed by atoms with van der Waals surface area (Å²) in [6.07, 6.45) is 2.06. The molecule has 2 aromatic rings. The lowest BCUT2D eigenvalue weighted by atomic mass is 10.1. The van der Waals surface area contributed by atoms with Gasteiger partial charge in [0.1, 0.15) is 10.6 Å². The fourth-order valence-corrected chi connectivity index (χ4v) is 2.87. The molecule has 0 saturated carbocycles. The molecule has 6 nitrogen and oxygen atoms in total. The maximum Gasteiger partial charge on any atom is 0.354 e.